The summed E-state index contributed by atoms with van der Waals surface area (Å²) in [5.74, 6) is 1.82. The first kappa shape index (κ1) is 54.5. The van der Waals surface area contributed by atoms with E-state index < -0.39 is 0 Å². The molecule has 0 bridgehead atoms. The minimum atomic E-state index is -0.286. The lowest BCUT2D eigenvalue weighted by Crippen LogP contribution is -2.63. The number of aromatic nitrogens is 2. The standard InChI is InChI=1S/C76H84BN4S/c1-43(2)52-26-23-27-53(44(3)4)68(52)81-62-34-46(28-31-60(62)78(20)71(81)54-25-22-21-24-45(54)5)47-35-63-67-64(36-47)80-61-33-30-49(73(9,10)11)41-65(61)82-66-42-51(75(15,16)17)40-58(70(66)80)77(67)57-39-50(74(12,13)14)38-56-69(57)79(63)59-32-29-48(72(6,7)8)37-55(59)76(56,18)19/h21-44H,1-20H3/q+1. The van der Waals surface area contributed by atoms with Gasteiger partial charge in [-0.05, 0) is 168 Å². The van der Waals surface area contributed by atoms with Crippen LogP contribution in [0.1, 0.15) is 187 Å². The zero-order valence-corrected chi connectivity index (χ0v) is 53.4. The third-order valence-corrected chi connectivity index (χ3v) is 20.2. The highest BCUT2D eigenvalue weighted by atomic mass is 32.2. The highest BCUT2D eigenvalue weighted by Gasteiger charge is 2.51. The lowest BCUT2D eigenvalue weighted by Gasteiger charge is -2.51. The molecule has 82 heavy (non-hydrogen) atoms. The fourth-order valence-electron chi connectivity index (χ4n) is 14.2. The van der Waals surface area contributed by atoms with Crippen molar-refractivity contribution < 1.29 is 4.57 Å². The van der Waals surface area contributed by atoms with Crippen molar-refractivity contribution >= 4 is 80.0 Å². The molecule has 0 saturated carbocycles. The summed E-state index contributed by atoms with van der Waals surface area (Å²) in [6.07, 6.45) is 0. The van der Waals surface area contributed by atoms with E-state index in [-0.39, 0.29) is 33.8 Å². The third kappa shape index (κ3) is 8.10. The number of aryl methyl sites for hydroxylation is 2. The van der Waals surface area contributed by atoms with Crippen molar-refractivity contribution in [3.63, 3.8) is 0 Å². The molecule has 0 radical (unpaired) electrons. The van der Waals surface area contributed by atoms with Crippen molar-refractivity contribution in [2.75, 3.05) is 9.80 Å². The summed E-state index contributed by atoms with van der Waals surface area (Å²) in [5.41, 5.74) is 31.1. The highest BCUT2D eigenvalue weighted by molar-refractivity contribution is 7.99. The van der Waals surface area contributed by atoms with Crippen LogP contribution in [0.5, 0.6) is 0 Å². The van der Waals surface area contributed by atoms with Gasteiger partial charge in [0.1, 0.15) is 5.69 Å². The van der Waals surface area contributed by atoms with Gasteiger partial charge in [-0.2, -0.15) is 4.57 Å². The summed E-state index contributed by atoms with van der Waals surface area (Å²) in [5, 5.41) is 0. The van der Waals surface area contributed by atoms with Gasteiger partial charge >= 0.3 is 0 Å². The Labute approximate surface area is 495 Å². The molecule has 5 heterocycles. The van der Waals surface area contributed by atoms with Crippen LogP contribution in [0, 0.1) is 6.92 Å². The average molecular weight is 1100 g/mol. The molecule has 4 nitrogen and oxygen atoms in total. The molecule has 0 amide bonds. The quantitative estimate of drug-likeness (QED) is 0.126. The summed E-state index contributed by atoms with van der Waals surface area (Å²) < 4.78 is 5.08. The maximum atomic E-state index is 2.73. The number of rotatable bonds is 5. The van der Waals surface area contributed by atoms with Gasteiger partial charge in [0, 0.05) is 43.4 Å². The zero-order valence-electron chi connectivity index (χ0n) is 52.6. The fraction of sp³-hybridized carbons (Fsp3) is 0.355. The van der Waals surface area contributed by atoms with Crippen LogP contribution in [0.3, 0.4) is 0 Å². The third-order valence-electron chi connectivity index (χ3n) is 19.1. The predicted molar refractivity (Wildman–Crippen MR) is 353 cm³/mol. The first-order valence-corrected chi connectivity index (χ1v) is 31.1. The topological polar surface area (TPSA) is 15.3 Å². The molecule has 6 heteroatoms. The molecular formula is C76H84BN4S+. The second-order valence-electron chi connectivity index (χ2n) is 29.9. The Hall–Kier alpha value is -6.76. The molecule has 0 spiro atoms. The van der Waals surface area contributed by atoms with E-state index in [0.717, 1.165) is 0 Å². The average Bonchev–Trinajstić information content (AvgIpc) is 0.925. The molecule has 4 aliphatic rings. The van der Waals surface area contributed by atoms with Crippen LogP contribution in [0.2, 0.25) is 0 Å². The van der Waals surface area contributed by atoms with Crippen LogP contribution in [0.15, 0.2) is 143 Å². The van der Waals surface area contributed by atoms with Crippen LogP contribution in [0.25, 0.3) is 39.2 Å². The van der Waals surface area contributed by atoms with Gasteiger partial charge in [-0.3, -0.25) is 0 Å². The number of nitrogens with zero attached hydrogens (tertiary/aromatic N) is 4. The van der Waals surface area contributed by atoms with Crippen LogP contribution >= 0.6 is 11.8 Å². The maximum Gasteiger partial charge on any atom is 0.295 e. The van der Waals surface area contributed by atoms with Gasteiger partial charge in [0.25, 0.3) is 12.5 Å². The first-order valence-electron chi connectivity index (χ1n) is 30.3. The Bertz CT molecular complexity index is 4170. The molecule has 0 unspecified atom stereocenters. The van der Waals surface area contributed by atoms with Gasteiger partial charge in [0.2, 0.25) is 0 Å². The van der Waals surface area contributed by atoms with Crippen LogP contribution in [-0.2, 0) is 34.1 Å². The van der Waals surface area contributed by atoms with E-state index in [1.807, 2.05) is 11.8 Å². The first-order chi connectivity index (χ1) is 38.4. The number of para-hydroxylation sites is 1. The van der Waals surface area contributed by atoms with Gasteiger partial charge in [-0.25, -0.2) is 4.57 Å². The summed E-state index contributed by atoms with van der Waals surface area (Å²) in [6, 6.07) is 53.6. The Morgan fingerprint density at radius 3 is 1.62 bits per heavy atom. The van der Waals surface area contributed by atoms with Gasteiger partial charge in [-0.15, -0.1) is 0 Å². The summed E-state index contributed by atoms with van der Waals surface area (Å²) in [6.45, 7) is 45.2. The van der Waals surface area contributed by atoms with E-state index in [1.54, 1.807) is 0 Å². The molecule has 0 N–H and O–H groups in total. The summed E-state index contributed by atoms with van der Waals surface area (Å²) >= 11 is 1.97. The highest BCUT2D eigenvalue weighted by Crippen LogP contribution is 2.59. The van der Waals surface area contributed by atoms with E-state index in [0.29, 0.717) is 11.8 Å². The Morgan fingerprint density at radius 2 is 1.02 bits per heavy atom. The van der Waals surface area contributed by atoms with Gasteiger partial charge in [-0.1, -0.05) is 209 Å². The molecule has 0 saturated heterocycles. The smallest absolute Gasteiger partial charge is 0.295 e. The molecule has 4 aliphatic heterocycles. The second kappa shape index (κ2) is 18.1. The Morgan fingerprint density at radius 1 is 0.488 bits per heavy atom. The van der Waals surface area contributed by atoms with Crippen molar-refractivity contribution in [2.24, 2.45) is 7.05 Å². The van der Waals surface area contributed by atoms with Crippen molar-refractivity contribution in [3.05, 3.63) is 184 Å². The van der Waals surface area contributed by atoms with E-state index in [9.17, 15) is 0 Å². The van der Waals surface area contributed by atoms with Crippen molar-refractivity contribution in [2.45, 2.75) is 180 Å². The Balaban J connectivity index is 1.19. The lowest BCUT2D eigenvalue weighted by molar-refractivity contribution is -0.633. The number of hydrogen-bond donors (Lipinski definition) is 0. The Kier molecular flexibility index (Phi) is 12.0. The molecule has 0 fully saturated rings. The minimum absolute atomic E-state index is 0.00748. The second-order valence-corrected chi connectivity index (χ2v) is 31.0. The molecule has 416 valence electrons. The summed E-state index contributed by atoms with van der Waals surface area (Å²) in [7, 11) is 2.27. The minimum Gasteiger partial charge on any atom is -0.311 e. The number of fused-ring (bicyclic) bond motifs is 9. The molecular weight excluding hydrogens is 1010 g/mol. The van der Waals surface area contributed by atoms with E-state index in [4.69, 9.17) is 0 Å². The number of imidazole rings is 1. The number of anilines is 6. The number of benzene rings is 8. The van der Waals surface area contributed by atoms with E-state index >= 15 is 0 Å². The monoisotopic (exact) mass is 1100 g/mol. The van der Waals surface area contributed by atoms with E-state index in [2.05, 4.69) is 291 Å². The zero-order chi connectivity index (χ0) is 58.4. The van der Waals surface area contributed by atoms with E-state index in [1.165, 1.54) is 150 Å². The van der Waals surface area contributed by atoms with Crippen LogP contribution in [0.4, 0.5) is 34.1 Å². The molecule has 9 aromatic rings. The number of hydrogen-bond acceptors (Lipinski definition) is 3. The van der Waals surface area contributed by atoms with Crippen molar-refractivity contribution in [3.8, 4) is 28.2 Å². The summed E-state index contributed by atoms with van der Waals surface area (Å²) in [4.78, 5) is 8.08. The maximum absolute atomic E-state index is 2.73. The fourth-order valence-corrected chi connectivity index (χ4v) is 15.4. The SMILES string of the molecule is Cc1ccccc1-c1n(-c2c(C(C)C)cccc2C(C)C)c2cc(-c3cc4c5c(c3)N3c6ccc(C(C)(C)C)cc6C(C)(C)c6cc(C(C)(C)C)cc(c63)B5c3cc(C(C)(C)C)cc5c3N4c3ccc(C(C)(C)C)cc3S5)ccc2[n+]1C. The lowest BCUT2D eigenvalue weighted by atomic mass is 9.32. The van der Waals surface area contributed by atoms with Crippen LogP contribution < -0.4 is 30.8 Å². The van der Waals surface area contributed by atoms with Gasteiger partial charge in [0.15, 0.2) is 11.0 Å². The predicted octanol–water partition coefficient (Wildman–Crippen LogP) is 18.7. The van der Waals surface area contributed by atoms with Gasteiger partial charge < -0.3 is 9.80 Å². The van der Waals surface area contributed by atoms with Crippen LogP contribution in [-0.4, -0.2) is 11.3 Å². The normalized spacial score (nSPS) is 15.0. The largest absolute Gasteiger partial charge is 0.311 e. The van der Waals surface area contributed by atoms with Gasteiger partial charge in [0.05, 0.1) is 29.7 Å². The molecule has 0 atom stereocenters. The molecule has 13 rings (SSSR count). The molecule has 8 aromatic carbocycles. The molecule has 0 aliphatic carbocycles. The van der Waals surface area contributed by atoms with Crippen molar-refractivity contribution in [1.29, 1.82) is 0 Å². The molecule has 1 aromatic heterocycles. The van der Waals surface area contributed by atoms with Crippen molar-refractivity contribution in [1.82, 2.24) is 4.57 Å².